The normalized spacial score (nSPS) is 18.1. The predicted molar refractivity (Wildman–Crippen MR) is 141 cm³/mol. The van der Waals surface area contributed by atoms with Gasteiger partial charge in [-0.15, -0.1) is 0 Å². The lowest BCUT2D eigenvalue weighted by atomic mass is 9.76. The molecule has 3 aromatic rings. The summed E-state index contributed by atoms with van der Waals surface area (Å²) in [5.41, 5.74) is 5.55. The lowest BCUT2D eigenvalue weighted by Gasteiger charge is -2.36. The Labute approximate surface area is 227 Å². The maximum Gasteiger partial charge on any atom is 0.245 e. The number of hydrogen-bond donors (Lipinski definition) is 1. The minimum Gasteiger partial charge on any atom is -0.342 e. The van der Waals surface area contributed by atoms with Crippen LogP contribution in [0.4, 0.5) is 0 Å². The van der Waals surface area contributed by atoms with E-state index in [9.17, 15) is 10.0 Å². The molecule has 1 N–H and O–H groups in total. The first kappa shape index (κ1) is 24.7. The summed E-state index contributed by atoms with van der Waals surface area (Å²) in [6, 6.07) is 10.2. The summed E-state index contributed by atoms with van der Waals surface area (Å²) >= 11 is 13.8. The van der Waals surface area contributed by atoms with Crippen molar-refractivity contribution in [3.63, 3.8) is 0 Å². The van der Waals surface area contributed by atoms with Crippen LogP contribution in [0, 0.1) is 5.92 Å². The van der Waals surface area contributed by atoms with Gasteiger partial charge in [-0.2, -0.15) is 0 Å². The lowest BCUT2D eigenvalue weighted by Crippen LogP contribution is -2.44. The zero-order valence-electron chi connectivity index (χ0n) is 19.6. The number of amides is 1. The molecule has 35 heavy (non-hydrogen) atoms. The number of likely N-dealkylation sites (tertiary alicyclic amines) is 1. The van der Waals surface area contributed by atoms with Gasteiger partial charge >= 0.3 is 0 Å². The molecular weight excluding hydrogens is 594 g/mol. The summed E-state index contributed by atoms with van der Waals surface area (Å²) < 4.78 is 5.11. The fourth-order valence-corrected chi connectivity index (χ4v) is 7.22. The van der Waals surface area contributed by atoms with Crippen LogP contribution in [-0.2, 0) is 31.1 Å². The summed E-state index contributed by atoms with van der Waals surface area (Å²) in [6.07, 6.45) is 9.55. The average Bonchev–Trinajstić information content (AvgIpc) is 2.98. The number of halogens is 3. The molecule has 2 aromatic heterocycles. The minimum atomic E-state index is 0.0126. The number of nitrogens with zero attached hydrogens (tertiary/aromatic N) is 3. The fraction of sp³-hybridized carbons (Fsp3) is 0.370. The first-order valence-electron chi connectivity index (χ1n) is 11.9. The monoisotopic (exact) mass is 619 g/mol. The highest BCUT2D eigenvalue weighted by molar-refractivity contribution is 9.10. The largest absolute Gasteiger partial charge is 0.342 e. The number of aromatic nitrogens is 2. The Kier molecular flexibility index (Phi) is 7.20. The van der Waals surface area contributed by atoms with Gasteiger partial charge in [0.25, 0.3) is 0 Å². The van der Waals surface area contributed by atoms with Crippen molar-refractivity contribution in [3.05, 3.63) is 90.8 Å². The van der Waals surface area contributed by atoms with Crippen LogP contribution in [0.25, 0.3) is 0 Å². The van der Waals surface area contributed by atoms with Gasteiger partial charge in [0, 0.05) is 45.0 Å². The average molecular weight is 622 g/mol. The molecule has 8 heteroatoms. The van der Waals surface area contributed by atoms with E-state index in [2.05, 4.69) is 44.0 Å². The van der Waals surface area contributed by atoms with Crippen molar-refractivity contribution in [2.24, 2.45) is 13.0 Å². The quantitative estimate of drug-likeness (QED) is 0.333. The molecule has 0 saturated carbocycles. The van der Waals surface area contributed by atoms with Gasteiger partial charge in [0.2, 0.25) is 17.8 Å². The molecule has 182 valence electrons. The Hall–Kier alpha value is -1.96. The summed E-state index contributed by atoms with van der Waals surface area (Å²) in [7, 11) is 1.97. The maximum atomic E-state index is 13.0. The molecule has 0 spiro atoms. The molecule has 1 aromatic carbocycles. The number of carbonyl (C=O) groups is 1. The second kappa shape index (κ2) is 10.2. The van der Waals surface area contributed by atoms with Crippen molar-refractivity contribution in [1.82, 2.24) is 4.90 Å². The zero-order chi connectivity index (χ0) is 24.7. The molecule has 1 aliphatic carbocycles. The van der Waals surface area contributed by atoms with Gasteiger partial charge in [-0.05, 0) is 82.4 Å². The van der Waals surface area contributed by atoms with Crippen molar-refractivity contribution in [3.8, 4) is 0 Å². The molecule has 1 atom stereocenters. The molecule has 1 fully saturated rings. The lowest BCUT2D eigenvalue weighted by molar-refractivity contribution is -0.911. The molecule has 5 nitrogen and oxygen atoms in total. The van der Waals surface area contributed by atoms with Crippen LogP contribution in [-0.4, -0.2) is 29.1 Å². The van der Waals surface area contributed by atoms with Crippen LogP contribution in [0.5, 0.6) is 0 Å². The number of rotatable bonds is 3. The van der Waals surface area contributed by atoms with E-state index >= 15 is 0 Å². The first-order chi connectivity index (χ1) is 16.8. The first-order valence-corrected chi connectivity index (χ1v) is 13.9. The van der Waals surface area contributed by atoms with Crippen LogP contribution in [0.2, 0.25) is 5.02 Å². The Bertz CT molecular complexity index is 1210. The number of carbonyl (C=O) groups excluding carboxylic acids is 1. The molecule has 0 unspecified atom stereocenters. The molecule has 3 heterocycles. The number of piperidine rings is 1. The highest BCUT2D eigenvalue weighted by Gasteiger charge is 2.41. The summed E-state index contributed by atoms with van der Waals surface area (Å²) in [4.78, 5) is 15.0. The Morgan fingerprint density at radius 2 is 1.80 bits per heavy atom. The molecule has 1 aliphatic heterocycles. The van der Waals surface area contributed by atoms with Crippen molar-refractivity contribution in [2.45, 2.75) is 38.0 Å². The standard InChI is InChI=1S/C27H28Br2ClN3O2/c1-31-8-4-17(5-9-31)12-24(34)32-10-6-18(7-11-32)26-25-19(14-22(30)15-23(25)29)2-3-20-13-21(28)16-33(35)27(20)26/h4-5,8-9,13-16,18,26,35H,2-3,6-7,10-12H2,1H3/q+2/t26-/m0/s1. The highest BCUT2D eigenvalue weighted by atomic mass is 79.9. The number of fused-ring (bicyclic) bond motifs is 2. The number of pyridine rings is 2. The third-order valence-corrected chi connectivity index (χ3v) is 8.66. The van der Waals surface area contributed by atoms with Crippen LogP contribution in [0.1, 0.15) is 46.7 Å². The molecule has 2 aliphatic rings. The summed E-state index contributed by atoms with van der Waals surface area (Å²) in [6.45, 7) is 1.44. The van der Waals surface area contributed by atoms with Crippen molar-refractivity contribution in [2.75, 3.05) is 13.1 Å². The van der Waals surface area contributed by atoms with Gasteiger partial charge in [-0.25, -0.2) is 4.57 Å². The van der Waals surface area contributed by atoms with Crippen molar-refractivity contribution >= 4 is 49.4 Å². The molecular formula is C27H28Br2ClN3O2+2. The van der Waals surface area contributed by atoms with E-state index in [1.165, 1.54) is 15.9 Å². The summed E-state index contributed by atoms with van der Waals surface area (Å²) in [5, 5.41) is 11.8. The third kappa shape index (κ3) is 5.13. The fourth-order valence-electron chi connectivity index (χ4n) is 5.63. The van der Waals surface area contributed by atoms with E-state index in [0.717, 1.165) is 64.5 Å². The van der Waals surface area contributed by atoms with Gasteiger partial charge in [-0.3, -0.25) is 10.0 Å². The van der Waals surface area contributed by atoms with Crippen molar-refractivity contribution in [1.29, 1.82) is 0 Å². The van der Waals surface area contributed by atoms with Gasteiger partial charge in [0.05, 0.1) is 16.8 Å². The van der Waals surface area contributed by atoms with E-state index < -0.39 is 0 Å². The maximum absolute atomic E-state index is 13.0. The smallest absolute Gasteiger partial charge is 0.245 e. The zero-order valence-corrected chi connectivity index (χ0v) is 23.5. The topological polar surface area (TPSA) is 48.3 Å². The summed E-state index contributed by atoms with van der Waals surface area (Å²) in [5.74, 6) is 0.481. The Morgan fingerprint density at radius 1 is 1.11 bits per heavy atom. The van der Waals surface area contributed by atoms with E-state index in [4.69, 9.17) is 11.6 Å². The van der Waals surface area contributed by atoms with Crippen LogP contribution < -0.4 is 9.30 Å². The Morgan fingerprint density at radius 3 is 2.51 bits per heavy atom. The molecule has 0 radical (unpaired) electrons. The third-order valence-electron chi connectivity index (χ3n) is 7.35. The molecule has 0 bridgehead atoms. The van der Waals surface area contributed by atoms with Gasteiger partial charge < -0.3 is 4.90 Å². The van der Waals surface area contributed by atoms with Crippen LogP contribution in [0.3, 0.4) is 0 Å². The van der Waals surface area contributed by atoms with E-state index in [-0.39, 0.29) is 11.8 Å². The van der Waals surface area contributed by atoms with Gasteiger partial charge in [0.15, 0.2) is 12.4 Å². The SMILES string of the molecule is C[n+]1ccc(CC(=O)N2CCC([C@H]3c4c(Br)cc(Cl)cc4CCc4cc(Br)c[n+](O)c43)CC2)cc1. The minimum absolute atomic E-state index is 0.0126. The van der Waals surface area contributed by atoms with Crippen molar-refractivity contribution < 1.29 is 19.3 Å². The number of hydrogen-bond acceptors (Lipinski definition) is 2. The number of benzene rings is 1. The molecule has 1 amide bonds. The predicted octanol–water partition coefficient (Wildman–Crippen LogP) is 4.93. The van der Waals surface area contributed by atoms with Crippen LogP contribution >= 0.6 is 43.5 Å². The second-order valence-corrected chi connectivity index (χ2v) is 11.8. The van der Waals surface area contributed by atoms with E-state index in [0.29, 0.717) is 17.4 Å². The van der Waals surface area contributed by atoms with Crippen LogP contribution in [0.15, 0.2) is 57.9 Å². The van der Waals surface area contributed by atoms with Gasteiger partial charge in [0.1, 0.15) is 7.05 Å². The molecule has 5 rings (SSSR count). The number of aryl methyl sites for hydroxylation is 3. The van der Waals surface area contributed by atoms with E-state index in [1.807, 2.05) is 47.1 Å². The molecule has 1 saturated heterocycles. The van der Waals surface area contributed by atoms with Gasteiger partial charge in [-0.1, -0.05) is 27.5 Å². The highest BCUT2D eigenvalue weighted by Crippen LogP contribution is 2.45. The Balaban J connectivity index is 1.43. The second-order valence-electron chi connectivity index (χ2n) is 9.62. The van der Waals surface area contributed by atoms with E-state index in [1.54, 1.807) is 6.20 Å².